The molecule has 178 valence electrons. The highest BCUT2D eigenvalue weighted by atomic mass is 15.0. The van der Waals surface area contributed by atoms with Gasteiger partial charge in [0.25, 0.3) is 0 Å². The van der Waals surface area contributed by atoms with Crippen LogP contribution in [0.15, 0.2) is 146 Å². The monoisotopic (exact) mass is 483 g/mol. The van der Waals surface area contributed by atoms with Crippen molar-refractivity contribution in [3.05, 3.63) is 162 Å². The summed E-state index contributed by atoms with van der Waals surface area (Å²) in [5, 5.41) is 2.60. The Morgan fingerprint density at radius 2 is 1.08 bits per heavy atom. The van der Waals surface area contributed by atoms with Gasteiger partial charge in [-0.05, 0) is 69.3 Å². The van der Waals surface area contributed by atoms with E-state index < -0.39 is 0 Å². The highest BCUT2D eigenvalue weighted by molar-refractivity contribution is 6.11. The third-order valence-corrected chi connectivity index (χ3v) is 8.08. The van der Waals surface area contributed by atoms with E-state index in [1.165, 1.54) is 66.4 Å². The molecule has 38 heavy (non-hydrogen) atoms. The maximum Gasteiger partial charge on any atom is 0.0547 e. The van der Waals surface area contributed by atoms with Crippen molar-refractivity contribution in [1.82, 2.24) is 4.57 Å². The molecule has 1 aliphatic carbocycles. The molecule has 0 radical (unpaired) electrons. The minimum atomic E-state index is 0.249. The maximum absolute atomic E-state index is 2.46. The molecule has 0 bridgehead atoms. The van der Waals surface area contributed by atoms with E-state index in [0.29, 0.717) is 0 Å². The summed E-state index contributed by atoms with van der Waals surface area (Å²) in [6.07, 6.45) is 0. The number of para-hydroxylation sites is 1. The number of benzene rings is 6. The third-order valence-electron chi connectivity index (χ3n) is 8.08. The molecule has 6 aromatic carbocycles. The molecule has 1 unspecified atom stereocenters. The first-order valence-corrected chi connectivity index (χ1v) is 13.2. The minimum Gasteiger partial charge on any atom is -0.309 e. The highest BCUT2D eigenvalue weighted by Gasteiger charge is 2.31. The quantitative estimate of drug-likeness (QED) is 0.236. The summed E-state index contributed by atoms with van der Waals surface area (Å²) < 4.78 is 2.43. The normalized spacial score (nSPS) is 14.1. The van der Waals surface area contributed by atoms with Crippen LogP contribution in [0.25, 0.3) is 49.7 Å². The average Bonchev–Trinajstić information content (AvgIpc) is 3.49. The van der Waals surface area contributed by atoms with Crippen LogP contribution in [0.1, 0.15) is 22.6 Å². The molecule has 7 aromatic rings. The van der Waals surface area contributed by atoms with Gasteiger partial charge in [-0.25, -0.2) is 0 Å². The molecule has 0 saturated carbocycles. The molecular formula is C37H25N. The fourth-order valence-corrected chi connectivity index (χ4v) is 6.38. The van der Waals surface area contributed by atoms with Gasteiger partial charge in [-0.15, -0.1) is 0 Å². The Morgan fingerprint density at radius 3 is 1.89 bits per heavy atom. The van der Waals surface area contributed by atoms with E-state index in [9.17, 15) is 0 Å². The standard InChI is InChI=1S/C37H25N/c1-3-11-25(12-4-1)26-19-21-28(22-20-26)38-35-18-10-9-16-30(35)33-23-34-32(24-36(33)38)29-15-7-8-17-31(29)37(34)27-13-5-2-6-14-27/h1-24,37H. The molecular weight excluding hydrogens is 458 g/mol. The molecule has 1 nitrogen and oxygen atoms in total. The van der Waals surface area contributed by atoms with E-state index in [-0.39, 0.29) is 5.92 Å². The first-order chi connectivity index (χ1) is 18.9. The van der Waals surface area contributed by atoms with Crippen molar-refractivity contribution in [2.75, 3.05) is 0 Å². The van der Waals surface area contributed by atoms with Crippen LogP contribution in [0.4, 0.5) is 0 Å². The van der Waals surface area contributed by atoms with Gasteiger partial charge >= 0.3 is 0 Å². The van der Waals surface area contributed by atoms with Crippen LogP contribution in [-0.4, -0.2) is 4.57 Å². The fraction of sp³-hybridized carbons (Fsp3) is 0.0270. The Bertz CT molecular complexity index is 1940. The van der Waals surface area contributed by atoms with Gasteiger partial charge in [0.15, 0.2) is 0 Å². The molecule has 1 aromatic heterocycles. The van der Waals surface area contributed by atoms with Crippen molar-refractivity contribution in [3.63, 3.8) is 0 Å². The smallest absolute Gasteiger partial charge is 0.0547 e. The van der Waals surface area contributed by atoms with E-state index in [4.69, 9.17) is 0 Å². The van der Waals surface area contributed by atoms with Crippen LogP contribution in [0.2, 0.25) is 0 Å². The second-order valence-corrected chi connectivity index (χ2v) is 10.2. The van der Waals surface area contributed by atoms with Gasteiger partial charge in [0.05, 0.1) is 11.0 Å². The van der Waals surface area contributed by atoms with Gasteiger partial charge in [-0.2, -0.15) is 0 Å². The third kappa shape index (κ3) is 3.12. The van der Waals surface area contributed by atoms with Gasteiger partial charge in [0.1, 0.15) is 0 Å². The Hall–Kier alpha value is -4.88. The second-order valence-electron chi connectivity index (χ2n) is 10.2. The molecule has 1 heteroatoms. The van der Waals surface area contributed by atoms with Crippen LogP contribution in [0.3, 0.4) is 0 Å². The van der Waals surface area contributed by atoms with E-state index in [2.05, 4.69) is 150 Å². The lowest BCUT2D eigenvalue weighted by Crippen LogP contribution is -1.99. The first kappa shape index (κ1) is 21.2. The largest absolute Gasteiger partial charge is 0.309 e. The van der Waals surface area contributed by atoms with Crippen LogP contribution in [0, 0.1) is 0 Å². The van der Waals surface area contributed by atoms with Crippen molar-refractivity contribution >= 4 is 21.8 Å². The van der Waals surface area contributed by atoms with Crippen LogP contribution >= 0.6 is 0 Å². The molecule has 0 amide bonds. The molecule has 1 atom stereocenters. The summed E-state index contributed by atoms with van der Waals surface area (Å²) in [6.45, 7) is 0. The van der Waals surface area contributed by atoms with E-state index >= 15 is 0 Å². The SMILES string of the molecule is c1ccc(-c2ccc(-n3c4ccccc4c4cc5c(cc43)-c3ccccc3C5c3ccccc3)cc2)cc1. The number of fused-ring (bicyclic) bond motifs is 6. The van der Waals surface area contributed by atoms with Crippen molar-refractivity contribution < 1.29 is 0 Å². The fourth-order valence-electron chi connectivity index (χ4n) is 6.38. The highest BCUT2D eigenvalue weighted by Crippen LogP contribution is 2.50. The van der Waals surface area contributed by atoms with Crippen molar-refractivity contribution in [2.45, 2.75) is 5.92 Å². The predicted octanol–water partition coefficient (Wildman–Crippen LogP) is 9.61. The van der Waals surface area contributed by atoms with Crippen molar-refractivity contribution in [2.24, 2.45) is 0 Å². The van der Waals surface area contributed by atoms with Crippen LogP contribution in [0.5, 0.6) is 0 Å². The summed E-state index contributed by atoms with van der Waals surface area (Å²) in [6, 6.07) is 53.1. The van der Waals surface area contributed by atoms with Crippen molar-refractivity contribution in [1.29, 1.82) is 0 Å². The molecule has 0 spiro atoms. The lowest BCUT2D eigenvalue weighted by atomic mass is 9.89. The molecule has 1 heterocycles. The Morgan fingerprint density at radius 1 is 0.421 bits per heavy atom. The number of nitrogens with zero attached hydrogens (tertiary/aromatic N) is 1. The van der Waals surface area contributed by atoms with E-state index in [1.807, 2.05) is 0 Å². The zero-order chi connectivity index (χ0) is 25.1. The van der Waals surface area contributed by atoms with Crippen LogP contribution < -0.4 is 0 Å². The zero-order valence-corrected chi connectivity index (χ0v) is 20.9. The predicted molar refractivity (Wildman–Crippen MR) is 159 cm³/mol. The lowest BCUT2D eigenvalue weighted by molar-refractivity contribution is 1.02. The average molecular weight is 484 g/mol. The number of hydrogen-bond acceptors (Lipinski definition) is 0. The van der Waals surface area contributed by atoms with Gasteiger partial charge in [-0.3, -0.25) is 0 Å². The summed E-state index contributed by atoms with van der Waals surface area (Å²) in [5.74, 6) is 0.249. The molecule has 0 saturated heterocycles. The molecule has 0 N–H and O–H groups in total. The second kappa shape index (κ2) is 8.33. The lowest BCUT2D eigenvalue weighted by Gasteiger charge is -2.15. The number of hydrogen-bond donors (Lipinski definition) is 0. The molecule has 0 aliphatic heterocycles. The van der Waals surface area contributed by atoms with Crippen LogP contribution in [-0.2, 0) is 0 Å². The topological polar surface area (TPSA) is 4.93 Å². The molecule has 1 aliphatic rings. The summed E-state index contributed by atoms with van der Waals surface area (Å²) in [4.78, 5) is 0. The summed E-state index contributed by atoms with van der Waals surface area (Å²) in [7, 11) is 0. The number of aromatic nitrogens is 1. The Labute approximate surface area is 222 Å². The van der Waals surface area contributed by atoms with Gasteiger partial charge in [0, 0.05) is 22.4 Å². The Balaban J connectivity index is 1.38. The maximum atomic E-state index is 2.46. The summed E-state index contributed by atoms with van der Waals surface area (Å²) >= 11 is 0. The molecule has 8 rings (SSSR count). The van der Waals surface area contributed by atoms with E-state index in [0.717, 1.165) is 0 Å². The first-order valence-electron chi connectivity index (χ1n) is 13.2. The van der Waals surface area contributed by atoms with E-state index in [1.54, 1.807) is 0 Å². The van der Waals surface area contributed by atoms with Gasteiger partial charge < -0.3 is 4.57 Å². The zero-order valence-electron chi connectivity index (χ0n) is 20.9. The Kier molecular flexibility index (Phi) is 4.65. The van der Waals surface area contributed by atoms with Gasteiger partial charge in [-0.1, -0.05) is 115 Å². The molecule has 0 fully saturated rings. The number of rotatable bonds is 3. The summed E-state index contributed by atoms with van der Waals surface area (Å²) in [5.41, 5.74) is 13.0. The minimum absolute atomic E-state index is 0.249. The van der Waals surface area contributed by atoms with Gasteiger partial charge in [0.2, 0.25) is 0 Å². The van der Waals surface area contributed by atoms with Crippen molar-refractivity contribution in [3.8, 4) is 27.9 Å².